The van der Waals surface area contributed by atoms with Crippen LogP contribution in [0.1, 0.15) is 24.2 Å². The first-order valence-corrected chi connectivity index (χ1v) is 11.1. The number of benzene rings is 3. The van der Waals surface area contributed by atoms with E-state index in [0.29, 0.717) is 16.2 Å². The molecule has 0 aliphatic heterocycles. The third kappa shape index (κ3) is 5.44. The summed E-state index contributed by atoms with van der Waals surface area (Å²) in [6, 6.07) is 27.3. The Balaban J connectivity index is 1.72. The summed E-state index contributed by atoms with van der Waals surface area (Å²) >= 11 is 0. The SMILES string of the molecule is CC(C)(COC(=O)c1ccccc1)COP(=O)(c1ccccc1)c1ccccc1. The van der Waals surface area contributed by atoms with E-state index in [1.54, 1.807) is 24.3 Å². The van der Waals surface area contributed by atoms with Crippen LogP contribution in [-0.2, 0) is 13.8 Å². The molecule has 0 aromatic heterocycles. The first kappa shape index (κ1) is 21.0. The molecule has 0 amide bonds. The van der Waals surface area contributed by atoms with Gasteiger partial charge in [0, 0.05) is 16.0 Å². The van der Waals surface area contributed by atoms with Gasteiger partial charge in [0.2, 0.25) is 0 Å². The molecule has 0 fully saturated rings. The van der Waals surface area contributed by atoms with Crippen LogP contribution in [0.4, 0.5) is 0 Å². The molecule has 0 radical (unpaired) electrons. The van der Waals surface area contributed by atoms with E-state index in [-0.39, 0.29) is 19.2 Å². The molecule has 0 spiro atoms. The van der Waals surface area contributed by atoms with Crippen molar-refractivity contribution in [3.8, 4) is 0 Å². The molecule has 29 heavy (non-hydrogen) atoms. The highest BCUT2D eigenvalue weighted by Crippen LogP contribution is 2.45. The van der Waals surface area contributed by atoms with Gasteiger partial charge in [0.25, 0.3) is 7.37 Å². The molecule has 3 rings (SSSR count). The zero-order chi connectivity index (χ0) is 20.7. The lowest BCUT2D eigenvalue weighted by Gasteiger charge is -2.27. The van der Waals surface area contributed by atoms with Crippen molar-refractivity contribution in [1.82, 2.24) is 0 Å². The van der Waals surface area contributed by atoms with E-state index in [0.717, 1.165) is 0 Å². The Kier molecular flexibility index (Phi) is 6.68. The standard InChI is InChI=1S/C24H25O4P/c1-24(2,18-27-23(25)20-12-6-3-7-13-20)19-28-29(26,21-14-8-4-9-15-21)22-16-10-5-11-17-22/h3-17H,18-19H2,1-2H3. The molecule has 0 saturated heterocycles. The number of rotatable bonds is 8. The second-order valence-corrected chi connectivity index (χ2v) is 10.00. The number of hydrogen-bond donors (Lipinski definition) is 0. The first-order valence-electron chi connectivity index (χ1n) is 9.49. The highest BCUT2D eigenvalue weighted by molar-refractivity contribution is 7.74. The summed E-state index contributed by atoms with van der Waals surface area (Å²) in [6.07, 6.45) is 0. The van der Waals surface area contributed by atoms with Crippen molar-refractivity contribution in [2.75, 3.05) is 13.2 Å². The fourth-order valence-electron chi connectivity index (χ4n) is 2.77. The van der Waals surface area contributed by atoms with Crippen molar-refractivity contribution in [3.05, 3.63) is 96.6 Å². The van der Waals surface area contributed by atoms with Crippen LogP contribution in [0, 0.1) is 5.41 Å². The van der Waals surface area contributed by atoms with E-state index >= 15 is 0 Å². The van der Waals surface area contributed by atoms with Crippen molar-refractivity contribution in [2.24, 2.45) is 5.41 Å². The minimum atomic E-state index is -3.27. The Morgan fingerprint density at radius 1 is 0.759 bits per heavy atom. The van der Waals surface area contributed by atoms with Crippen LogP contribution < -0.4 is 10.6 Å². The lowest BCUT2D eigenvalue weighted by molar-refractivity contribution is 0.0254. The van der Waals surface area contributed by atoms with Crippen LogP contribution in [0.15, 0.2) is 91.0 Å². The minimum absolute atomic E-state index is 0.157. The zero-order valence-corrected chi connectivity index (χ0v) is 17.5. The average molecular weight is 408 g/mol. The smallest absolute Gasteiger partial charge is 0.338 e. The van der Waals surface area contributed by atoms with Gasteiger partial charge in [0.1, 0.15) is 0 Å². The molecule has 0 aliphatic rings. The summed E-state index contributed by atoms with van der Waals surface area (Å²) in [5, 5.41) is 1.28. The number of esters is 1. The van der Waals surface area contributed by atoms with Crippen molar-refractivity contribution in [1.29, 1.82) is 0 Å². The van der Waals surface area contributed by atoms with Gasteiger partial charge in [0.05, 0.1) is 18.8 Å². The number of carbonyl (C=O) groups excluding carboxylic acids is 1. The lowest BCUT2D eigenvalue weighted by Crippen LogP contribution is -2.29. The van der Waals surface area contributed by atoms with Gasteiger partial charge < -0.3 is 9.26 Å². The molecular formula is C24H25O4P. The minimum Gasteiger partial charge on any atom is -0.461 e. The molecule has 150 valence electrons. The van der Waals surface area contributed by atoms with Gasteiger partial charge in [-0.3, -0.25) is 4.57 Å². The van der Waals surface area contributed by atoms with E-state index < -0.39 is 12.8 Å². The maximum absolute atomic E-state index is 13.9. The summed E-state index contributed by atoms with van der Waals surface area (Å²) in [7, 11) is -3.27. The van der Waals surface area contributed by atoms with Crippen LogP contribution >= 0.6 is 7.37 Å². The topological polar surface area (TPSA) is 52.6 Å². The molecule has 3 aromatic rings. The molecule has 0 unspecified atom stereocenters. The Morgan fingerprint density at radius 3 is 1.69 bits per heavy atom. The van der Waals surface area contributed by atoms with Crippen LogP contribution in [0.5, 0.6) is 0 Å². The molecule has 0 atom stereocenters. The highest BCUT2D eigenvalue weighted by Gasteiger charge is 2.32. The Bertz CT molecular complexity index is 926. The molecule has 0 bridgehead atoms. The number of ether oxygens (including phenoxy) is 1. The number of hydrogen-bond acceptors (Lipinski definition) is 4. The average Bonchev–Trinajstić information content (AvgIpc) is 2.78. The quantitative estimate of drug-likeness (QED) is 0.396. The summed E-state index contributed by atoms with van der Waals surface area (Å²) in [5.41, 5.74) is -0.00705. The van der Waals surface area contributed by atoms with E-state index in [4.69, 9.17) is 9.26 Å². The Morgan fingerprint density at radius 2 is 1.21 bits per heavy atom. The van der Waals surface area contributed by atoms with Gasteiger partial charge in [-0.05, 0) is 36.4 Å². The summed E-state index contributed by atoms with van der Waals surface area (Å²) in [4.78, 5) is 12.2. The maximum Gasteiger partial charge on any atom is 0.338 e. The van der Waals surface area contributed by atoms with E-state index in [9.17, 15) is 9.36 Å². The van der Waals surface area contributed by atoms with Crippen molar-refractivity contribution in [3.63, 3.8) is 0 Å². The van der Waals surface area contributed by atoms with Crippen molar-refractivity contribution in [2.45, 2.75) is 13.8 Å². The first-order chi connectivity index (χ1) is 13.9. The second-order valence-electron chi connectivity index (χ2n) is 7.60. The molecule has 3 aromatic carbocycles. The fourth-order valence-corrected chi connectivity index (χ4v) is 5.03. The molecule has 4 nitrogen and oxygen atoms in total. The predicted molar refractivity (Wildman–Crippen MR) is 116 cm³/mol. The third-order valence-electron chi connectivity index (χ3n) is 4.43. The van der Waals surface area contributed by atoms with Crippen LogP contribution in [-0.4, -0.2) is 19.2 Å². The van der Waals surface area contributed by atoms with E-state index in [1.165, 1.54) is 0 Å². The van der Waals surface area contributed by atoms with Crippen molar-refractivity contribution < 1.29 is 18.6 Å². The van der Waals surface area contributed by atoms with E-state index in [1.807, 2.05) is 80.6 Å². The van der Waals surface area contributed by atoms with Crippen LogP contribution in [0.2, 0.25) is 0 Å². The highest BCUT2D eigenvalue weighted by atomic mass is 31.2. The van der Waals surface area contributed by atoms with Crippen molar-refractivity contribution >= 4 is 23.9 Å². The summed E-state index contributed by atoms with van der Waals surface area (Å²) in [5.74, 6) is -0.382. The lowest BCUT2D eigenvalue weighted by atomic mass is 9.96. The third-order valence-corrected chi connectivity index (χ3v) is 6.88. The van der Waals surface area contributed by atoms with Gasteiger partial charge in [-0.2, -0.15) is 0 Å². The normalized spacial score (nSPS) is 11.8. The Labute approximate surface area is 172 Å². The van der Waals surface area contributed by atoms with Crippen LogP contribution in [0.25, 0.3) is 0 Å². The summed E-state index contributed by atoms with van der Waals surface area (Å²) in [6.45, 7) is 4.18. The Hall–Kier alpha value is -2.68. The molecule has 0 aliphatic carbocycles. The predicted octanol–water partition coefficient (Wildman–Crippen LogP) is 4.82. The van der Waals surface area contributed by atoms with Gasteiger partial charge in [-0.15, -0.1) is 0 Å². The summed E-state index contributed by atoms with van der Waals surface area (Å²) < 4.78 is 25.4. The molecule has 5 heteroatoms. The second kappa shape index (κ2) is 9.21. The van der Waals surface area contributed by atoms with Gasteiger partial charge in [-0.25, -0.2) is 4.79 Å². The fraction of sp³-hybridized carbons (Fsp3) is 0.208. The largest absolute Gasteiger partial charge is 0.461 e. The molecular weight excluding hydrogens is 383 g/mol. The van der Waals surface area contributed by atoms with Gasteiger partial charge >= 0.3 is 5.97 Å². The van der Waals surface area contributed by atoms with E-state index in [2.05, 4.69) is 0 Å². The monoisotopic (exact) mass is 408 g/mol. The molecule has 0 N–H and O–H groups in total. The zero-order valence-electron chi connectivity index (χ0n) is 16.7. The van der Waals surface area contributed by atoms with Gasteiger partial charge in [0.15, 0.2) is 0 Å². The van der Waals surface area contributed by atoms with Crippen LogP contribution in [0.3, 0.4) is 0 Å². The number of carbonyl (C=O) groups is 1. The maximum atomic E-state index is 13.9. The van der Waals surface area contributed by atoms with Gasteiger partial charge in [-0.1, -0.05) is 68.4 Å². The molecule has 0 heterocycles. The molecule has 0 saturated carbocycles.